The molecule has 0 radical (unpaired) electrons. The highest BCUT2D eigenvalue weighted by Crippen LogP contribution is 2.49. The Morgan fingerprint density at radius 1 is 1.00 bits per heavy atom. The highest BCUT2D eigenvalue weighted by molar-refractivity contribution is 8.00. The number of nitrogens with zero attached hydrogens (tertiary/aromatic N) is 3. The number of epoxide rings is 1. The van der Waals surface area contributed by atoms with Gasteiger partial charge in [0.05, 0.1) is 34.4 Å². The van der Waals surface area contributed by atoms with Crippen LogP contribution in [0.15, 0.2) is 35.9 Å². The highest BCUT2D eigenvalue weighted by Gasteiger charge is 2.65. The van der Waals surface area contributed by atoms with Gasteiger partial charge in [0.25, 0.3) is 11.8 Å². The van der Waals surface area contributed by atoms with Crippen LogP contribution in [0.1, 0.15) is 110 Å². The first kappa shape index (κ1) is 54.9. The standard InChI is InChI=1S/C51H67ClN4O15S/c1-28-11-9-12-37(66-8)51(65)26-35(68-48(64)53-51)30(3)44-50(6,70-44)38(25-41(59)54(7)34-23-32(21-28)22-29(2)43(34)52)69-47(63)49(4,5)67-19-10-20-72-36-24-42(60)55(45(36)61)27-31-13-15-33(16-14-31)46(62)71-56-39(57)17-18-40(56)58/h9,11-12,22-23,30-31,33,35-38,44,65H,10,13-21,24-27H2,1-8H3,(H,53,64)/b12-9+,28-11+/t30-,31-,33-,35+,36?,37-,38+,44+,50+,51+/m1/s1. The Balaban J connectivity index is 0.960. The van der Waals surface area contributed by atoms with Gasteiger partial charge >= 0.3 is 18.0 Å². The van der Waals surface area contributed by atoms with Crippen molar-refractivity contribution in [2.75, 3.05) is 38.0 Å². The number of hydroxylamine groups is 2. The first-order valence-electron chi connectivity index (χ1n) is 24.6. The molecule has 72 heavy (non-hydrogen) atoms. The molecule has 394 valence electrons. The second-order valence-electron chi connectivity index (χ2n) is 20.6. The molecule has 0 spiro atoms. The average molecular weight is 1040 g/mol. The molecular weight excluding hydrogens is 976 g/mol. The van der Waals surface area contributed by atoms with Crippen LogP contribution in [-0.4, -0.2) is 142 Å². The van der Waals surface area contributed by atoms with Gasteiger partial charge in [0.15, 0.2) is 11.3 Å². The number of allylic oxidation sites excluding steroid dienone is 3. The van der Waals surface area contributed by atoms with Gasteiger partial charge in [0, 0.05) is 58.9 Å². The summed E-state index contributed by atoms with van der Waals surface area (Å²) in [4.78, 5) is 112. The Hall–Kier alpha value is -4.86. The maximum Gasteiger partial charge on any atom is 0.409 e. The Morgan fingerprint density at radius 2 is 1.69 bits per heavy atom. The number of benzene rings is 1. The zero-order valence-corrected chi connectivity index (χ0v) is 43.8. The van der Waals surface area contributed by atoms with Gasteiger partial charge in [-0.15, -0.1) is 16.8 Å². The monoisotopic (exact) mass is 1040 g/mol. The number of esters is 1. The Bertz CT molecular complexity index is 2370. The predicted molar refractivity (Wildman–Crippen MR) is 262 cm³/mol. The molecule has 6 aliphatic rings. The third-order valence-corrected chi connectivity index (χ3v) is 16.6. The molecule has 1 aromatic carbocycles. The van der Waals surface area contributed by atoms with Crippen LogP contribution in [0, 0.1) is 24.7 Å². The molecule has 5 heterocycles. The lowest BCUT2D eigenvalue weighted by molar-refractivity contribution is -0.201. The van der Waals surface area contributed by atoms with Crippen molar-refractivity contribution in [1.82, 2.24) is 15.3 Å². The summed E-state index contributed by atoms with van der Waals surface area (Å²) in [5.41, 5.74) is -1.53. The minimum Gasteiger partial charge on any atom is -0.457 e. The van der Waals surface area contributed by atoms with Crippen molar-refractivity contribution in [2.24, 2.45) is 17.8 Å². The fourth-order valence-corrected chi connectivity index (χ4v) is 11.6. The van der Waals surface area contributed by atoms with Gasteiger partial charge in [0.1, 0.15) is 23.9 Å². The molecule has 21 heteroatoms. The highest BCUT2D eigenvalue weighted by atomic mass is 35.5. The molecule has 7 rings (SSSR count). The molecule has 19 nitrogen and oxygen atoms in total. The number of anilines is 1. The van der Waals surface area contributed by atoms with Gasteiger partial charge < -0.3 is 38.5 Å². The topological polar surface area (TPSA) is 237 Å². The van der Waals surface area contributed by atoms with E-state index in [0.29, 0.717) is 60.1 Å². The van der Waals surface area contributed by atoms with Crippen LogP contribution in [0.25, 0.3) is 0 Å². The molecule has 4 bridgehead atoms. The van der Waals surface area contributed by atoms with E-state index in [9.17, 15) is 43.5 Å². The summed E-state index contributed by atoms with van der Waals surface area (Å²) in [7, 11) is 3.04. The van der Waals surface area contributed by atoms with Crippen molar-refractivity contribution in [1.29, 1.82) is 0 Å². The van der Waals surface area contributed by atoms with Crippen molar-refractivity contribution in [3.63, 3.8) is 0 Å². The van der Waals surface area contributed by atoms with Gasteiger partial charge in [-0.25, -0.2) is 14.4 Å². The summed E-state index contributed by atoms with van der Waals surface area (Å²) in [5, 5.41) is 14.7. The number of alkyl carbamates (subject to hydrolysis) is 1. The second kappa shape index (κ2) is 22.3. The quantitative estimate of drug-likeness (QED) is 0.108. The van der Waals surface area contributed by atoms with Crippen LogP contribution in [-0.2, 0) is 68.5 Å². The molecule has 4 saturated heterocycles. The lowest BCUT2D eigenvalue weighted by atomic mass is 9.82. The number of hydrogen-bond donors (Lipinski definition) is 2. The number of aliphatic hydroxyl groups is 1. The molecule has 0 aromatic heterocycles. The minimum atomic E-state index is -1.85. The molecule has 6 amide bonds. The predicted octanol–water partition coefficient (Wildman–Crippen LogP) is 5.43. The minimum absolute atomic E-state index is 0.00361. The summed E-state index contributed by atoms with van der Waals surface area (Å²) in [6.45, 7) is 10.8. The normalized spacial score (nSPS) is 32.7. The molecule has 1 aromatic rings. The largest absolute Gasteiger partial charge is 0.457 e. The maximum absolute atomic E-state index is 14.3. The summed E-state index contributed by atoms with van der Waals surface area (Å²) >= 11 is 8.17. The van der Waals surface area contributed by atoms with Crippen molar-refractivity contribution in [2.45, 2.75) is 159 Å². The van der Waals surface area contributed by atoms with Crippen LogP contribution in [0.2, 0.25) is 5.02 Å². The van der Waals surface area contributed by atoms with Crippen molar-refractivity contribution in [3.05, 3.63) is 52.1 Å². The smallest absolute Gasteiger partial charge is 0.409 e. The van der Waals surface area contributed by atoms with E-state index in [1.54, 1.807) is 46.9 Å². The lowest BCUT2D eigenvalue weighted by Gasteiger charge is -2.42. The molecule has 8 atom stereocenters. The lowest BCUT2D eigenvalue weighted by Crippen LogP contribution is -2.63. The van der Waals surface area contributed by atoms with Crippen LogP contribution >= 0.6 is 23.4 Å². The Labute approximate surface area is 428 Å². The summed E-state index contributed by atoms with van der Waals surface area (Å²) in [5.74, 6) is -4.01. The molecule has 5 aliphatic heterocycles. The average Bonchev–Trinajstić information content (AvgIpc) is 3.83. The third kappa shape index (κ3) is 12.2. The van der Waals surface area contributed by atoms with E-state index in [-0.39, 0.29) is 63.0 Å². The third-order valence-electron chi connectivity index (χ3n) is 14.8. The zero-order chi connectivity index (χ0) is 52.4. The number of likely N-dealkylation sites (tertiary alicyclic amines) is 1. The van der Waals surface area contributed by atoms with Crippen LogP contribution < -0.4 is 10.2 Å². The number of halogens is 1. The number of imide groups is 2. The number of amides is 6. The molecule has 5 fully saturated rings. The van der Waals surface area contributed by atoms with Crippen molar-refractivity contribution < 1.29 is 72.0 Å². The molecule has 1 saturated carbocycles. The van der Waals surface area contributed by atoms with E-state index < -0.39 is 94.2 Å². The number of carbonyl (C=O) groups excluding carboxylic acids is 8. The number of methoxy groups -OCH3 is 1. The van der Waals surface area contributed by atoms with Crippen molar-refractivity contribution >= 4 is 76.6 Å². The van der Waals surface area contributed by atoms with Gasteiger partial charge in [-0.05, 0) is 102 Å². The van der Waals surface area contributed by atoms with Gasteiger partial charge in [-0.1, -0.05) is 48.4 Å². The summed E-state index contributed by atoms with van der Waals surface area (Å²) in [6.07, 6.45) is 3.42. The SMILES string of the molecule is CO[C@@H]1/C=C/C=C(\C)Cc2cc(C)c(Cl)c(c2)N(C)C(=O)C[C@H](OC(=O)C(C)(C)OCCCSC2CC(=O)N(C[C@H]3CC[C@H](C(=O)ON4C(=O)CCC4=O)CC3)C2=O)[C@]2(C)O[C@H]2[C@H](C)[C@@H]2C[C@@]1(O)NC(=O)O2. The summed E-state index contributed by atoms with van der Waals surface area (Å²) in [6, 6.07) is 3.79. The van der Waals surface area contributed by atoms with Crippen LogP contribution in [0.4, 0.5) is 10.5 Å². The Morgan fingerprint density at radius 3 is 2.38 bits per heavy atom. The van der Waals surface area contributed by atoms with E-state index in [1.165, 1.54) is 28.7 Å². The number of aryl methyl sites for hydroxylation is 1. The van der Waals surface area contributed by atoms with Crippen LogP contribution in [0.3, 0.4) is 0 Å². The molecule has 1 aliphatic carbocycles. The number of fused-ring (bicyclic) bond motifs is 5. The van der Waals surface area contributed by atoms with Crippen LogP contribution in [0.5, 0.6) is 0 Å². The Kier molecular flexibility index (Phi) is 17.0. The number of thioether (sulfide) groups is 1. The fourth-order valence-electron chi connectivity index (χ4n) is 10.2. The first-order valence-corrected chi connectivity index (χ1v) is 26.1. The molecular formula is C51H67ClN4O15S. The van der Waals surface area contributed by atoms with Gasteiger partial charge in [-0.2, -0.15) is 0 Å². The first-order chi connectivity index (χ1) is 33.9. The van der Waals surface area contributed by atoms with E-state index in [1.807, 2.05) is 32.1 Å². The molecule has 2 N–H and O–H groups in total. The van der Waals surface area contributed by atoms with Gasteiger partial charge in [-0.3, -0.25) is 34.2 Å². The second-order valence-corrected chi connectivity index (χ2v) is 22.3. The fraction of sp³-hybridized carbons (Fsp3) is 0.647. The number of carbonyl (C=O) groups is 8. The van der Waals surface area contributed by atoms with E-state index in [4.69, 9.17) is 40.1 Å². The number of rotatable bonds is 13. The van der Waals surface area contributed by atoms with E-state index in [0.717, 1.165) is 16.7 Å². The molecule has 1 unspecified atom stereocenters. The summed E-state index contributed by atoms with van der Waals surface area (Å²) < 4.78 is 30.0. The van der Waals surface area contributed by atoms with Gasteiger partial charge in [0.2, 0.25) is 17.7 Å². The van der Waals surface area contributed by atoms with E-state index in [2.05, 4.69) is 5.32 Å². The maximum atomic E-state index is 14.3. The van der Waals surface area contributed by atoms with E-state index >= 15 is 0 Å². The number of nitrogens with one attached hydrogen (secondary N) is 1. The number of ether oxygens (including phenoxy) is 5. The number of hydrogen-bond acceptors (Lipinski definition) is 16. The zero-order valence-electron chi connectivity index (χ0n) is 42.2. The van der Waals surface area contributed by atoms with Crippen molar-refractivity contribution in [3.8, 4) is 0 Å².